The van der Waals surface area contributed by atoms with Crippen molar-refractivity contribution in [3.63, 3.8) is 0 Å². The fraction of sp³-hybridized carbons (Fsp3) is 0.682. The first kappa shape index (κ1) is 28.2. The first-order valence-electron chi connectivity index (χ1n) is 11.0. The van der Waals surface area contributed by atoms with Crippen molar-refractivity contribution in [1.29, 1.82) is 0 Å². The molecule has 0 spiro atoms. The van der Waals surface area contributed by atoms with Crippen LogP contribution in [-0.4, -0.2) is 83.0 Å². The number of hydrogen-bond donors (Lipinski definition) is 3. The van der Waals surface area contributed by atoms with Crippen molar-refractivity contribution in [2.75, 3.05) is 30.6 Å². The summed E-state index contributed by atoms with van der Waals surface area (Å²) in [6.45, 7) is 7.64. The van der Waals surface area contributed by atoms with Crippen LogP contribution in [0, 0.1) is 12.8 Å². The highest BCUT2D eigenvalue weighted by Crippen LogP contribution is 2.29. The number of amides is 3. The Kier molecular flexibility index (Phi) is 10.4. The summed E-state index contributed by atoms with van der Waals surface area (Å²) in [7, 11) is 0. The van der Waals surface area contributed by atoms with E-state index in [9.17, 15) is 19.2 Å². The highest BCUT2D eigenvalue weighted by molar-refractivity contribution is 7.98. The molecule has 1 aromatic heterocycles. The van der Waals surface area contributed by atoms with Crippen LogP contribution in [0.2, 0.25) is 0 Å². The van der Waals surface area contributed by atoms with Crippen LogP contribution < -0.4 is 16.0 Å². The SMILES string of the molecule is CSC[C@@H](NC(=O)c1cc(C)on1)C(=O)N[C@H](CSC)C(=O)N[C@@H](CC(C)C)C(=O)[C@@]1(C)CO1. The number of carbonyl (C=O) groups excluding carboxylic acids is 4. The van der Waals surface area contributed by atoms with Crippen LogP contribution in [0.3, 0.4) is 0 Å². The van der Waals surface area contributed by atoms with E-state index in [4.69, 9.17) is 9.26 Å². The van der Waals surface area contributed by atoms with E-state index in [1.54, 1.807) is 20.1 Å². The molecule has 34 heavy (non-hydrogen) atoms. The van der Waals surface area contributed by atoms with Gasteiger partial charge in [-0.25, -0.2) is 0 Å². The van der Waals surface area contributed by atoms with Crippen molar-refractivity contribution in [2.24, 2.45) is 5.92 Å². The van der Waals surface area contributed by atoms with Crippen LogP contribution >= 0.6 is 23.5 Å². The third kappa shape index (κ3) is 8.02. The largest absolute Gasteiger partial charge is 0.361 e. The van der Waals surface area contributed by atoms with Gasteiger partial charge in [0.25, 0.3) is 5.91 Å². The van der Waals surface area contributed by atoms with Gasteiger partial charge in [0, 0.05) is 17.6 Å². The number of Topliss-reactive ketones (excluding diaryl/α,β-unsaturated/α-hetero) is 1. The van der Waals surface area contributed by atoms with Crippen LogP contribution in [0.15, 0.2) is 10.6 Å². The van der Waals surface area contributed by atoms with Crippen LogP contribution in [0.4, 0.5) is 0 Å². The van der Waals surface area contributed by atoms with Gasteiger partial charge in [-0.2, -0.15) is 23.5 Å². The number of aromatic nitrogens is 1. The van der Waals surface area contributed by atoms with Gasteiger partial charge in [-0.3, -0.25) is 19.2 Å². The molecule has 0 aliphatic carbocycles. The van der Waals surface area contributed by atoms with E-state index in [2.05, 4.69) is 21.1 Å². The molecule has 0 saturated carbocycles. The smallest absolute Gasteiger partial charge is 0.274 e. The van der Waals surface area contributed by atoms with Crippen LogP contribution in [0.1, 0.15) is 43.4 Å². The maximum absolute atomic E-state index is 13.1. The first-order chi connectivity index (χ1) is 16.0. The van der Waals surface area contributed by atoms with Gasteiger partial charge >= 0.3 is 0 Å². The third-order valence-corrected chi connectivity index (χ3v) is 6.55. The Morgan fingerprint density at radius 2 is 1.56 bits per heavy atom. The van der Waals surface area contributed by atoms with Gasteiger partial charge < -0.3 is 25.2 Å². The van der Waals surface area contributed by atoms with Crippen molar-refractivity contribution < 1.29 is 28.4 Å². The van der Waals surface area contributed by atoms with E-state index >= 15 is 0 Å². The molecule has 3 N–H and O–H groups in total. The Morgan fingerprint density at radius 3 is 2.00 bits per heavy atom. The molecule has 0 unspecified atom stereocenters. The second kappa shape index (κ2) is 12.6. The molecule has 0 aromatic carbocycles. The highest BCUT2D eigenvalue weighted by atomic mass is 32.2. The quantitative estimate of drug-likeness (QED) is 0.312. The summed E-state index contributed by atoms with van der Waals surface area (Å²) >= 11 is 2.76. The number of hydrogen-bond acceptors (Lipinski definition) is 9. The summed E-state index contributed by atoms with van der Waals surface area (Å²) in [4.78, 5) is 51.4. The summed E-state index contributed by atoms with van der Waals surface area (Å²) in [5.41, 5.74) is -0.793. The number of aryl methyl sites for hydroxylation is 1. The standard InChI is InChI=1S/C22H34N4O6S2/c1-12(2)7-14(18(27)22(4)11-31-22)23-20(29)16(9-33-5)25-21(30)17(10-34-6)24-19(28)15-8-13(3)32-26-15/h8,12,14,16-17H,7,9-11H2,1-6H3,(H,23,29)(H,24,28)(H,25,30)/t14-,16+,17+,22+/m0/s1. The Morgan fingerprint density at radius 1 is 1.03 bits per heavy atom. The van der Waals surface area contributed by atoms with Gasteiger partial charge in [0.15, 0.2) is 11.5 Å². The summed E-state index contributed by atoms with van der Waals surface area (Å²) in [5, 5.41) is 11.9. The topological polar surface area (TPSA) is 143 Å². The van der Waals surface area contributed by atoms with Crippen LogP contribution in [0.5, 0.6) is 0 Å². The fourth-order valence-corrected chi connectivity index (χ4v) is 4.41. The van der Waals surface area contributed by atoms with Crippen molar-refractivity contribution in [1.82, 2.24) is 21.1 Å². The van der Waals surface area contributed by atoms with Crippen LogP contribution in [-0.2, 0) is 19.1 Å². The summed E-state index contributed by atoms with van der Waals surface area (Å²) in [6.07, 6.45) is 4.09. The van der Waals surface area contributed by atoms with E-state index < -0.39 is 41.4 Å². The Balaban J connectivity index is 2.08. The van der Waals surface area contributed by atoms with Gasteiger partial charge in [-0.05, 0) is 38.7 Å². The number of thioether (sulfide) groups is 2. The van der Waals surface area contributed by atoms with Gasteiger partial charge in [0.1, 0.15) is 23.4 Å². The lowest BCUT2D eigenvalue weighted by Gasteiger charge is -2.26. The van der Waals surface area contributed by atoms with Gasteiger partial charge in [-0.1, -0.05) is 19.0 Å². The maximum Gasteiger partial charge on any atom is 0.274 e. The molecule has 1 aliphatic rings. The molecular weight excluding hydrogens is 480 g/mol. The van der Waals surface area contributed by atoms with Crippen molar-refractivity contribution in [3.8, 4) is 0 Å². The van der Waals surface area contributed by atoms with Crippen molar-refractivity contribution in [3.05, 3.63) is 17.5 Å². The normalized spacial score (nSPS) is 19.7. The molecule has 1 fully saturated rings. The monoisotopic (exact) mass is 514 g/mol. The molecule has 3 amide bonds. The van der Waals surface area contributed by atoms with E-state index in [0.717, 1.165) is 0 Å². The summed E-state index contributed by atoms with van der Waals surface area (Å²) in [6, 6.07) is -1.00. The Bertz CT molecular complexity index is 887. The summed E-state index contributed by atoms with van der Waals surface area (Å²) in [5.74, 6) is -0.414. The maximum atomic E-state index is 13.1. The lowest BCUT2D eigenvalue weighted by atomic mass is 9.93. The zero-order chi connectivity index (χ0) is 25.5. The number of nitrogens with one attached hydrogen (secondary N) is 3. The Hall–Kier alpha value is -2.05. The molecule has 190 valence electrons. The van der Waals surface area contributed by atoms with Gasteiger partial charge in [-0.15, -0.1) is 0 Å². The Labute approximate surface area is 208 Å². The molecule has 1 aliphatic heterocycles. The van der Waals surface area contributed by atoms with Gasteiger partial charge in [0.05, 0.1) is 12.6 Å². The highest BCUT2D eigenvalue weighted by Gasteiger charge is 2.50. The number of epoxide rings is 1. The number of carbonyl (C=O) groups is 4. The van der Waals surface area contributed by atoms with E-state index in [0.29, 0.717) is 30.3 Å². The van der Waals surface area contributed by atoms with Crippen LogP contribution in [0.25, 0.3) is 0 Å². The number of ether oxygens (including phenoxy) is 1. The molecule has 0 radical (unpaired) electrons. The van der Waals surface area contributed by atoms with E-state index in [-0.39, 0.29) is 17.4 Å². The molecule has 0 bridgehead atoms. The predicted octanol–water partition coefficient (Wildman–Crippen LogP) is 1.18. The molecule has 2 rings (SSSR count). The van der Waals surface area contributed by atoms with Crippen molar-refractivity contribution >= 4 is 47.0 Å². The average molecular weight is 515 g/mol. The molecule has 12 heteroatoms. The molecular formula is C22H34N4O6S2. The van der Waals surface area contributed by atoms with E-state index in [1.807, 2.05) is 20.1 Å². The molecule has 1 saturated heterocycles. The molecule has 10 nitrogen and oxygen atoms in total. The lowest BCUT2D eigenvalue weighted by Crippen LogP contribution is -2.58. The predicted molar refractivity (Wildman–Crippen MR) is 132 cm³/mol. The lowest BCUT2D eigenvalue weighted by molar-refractivity contribution is -0.133. The number of ketones is 1. The molecule has 1 aromatic rings. The average Bonchev–Trinajstić information content (AvgIpc) is 3.37. The van der Waals surface area contributed by atoms with Crippen molar-refractivity contribution in [2.45, 2.75) is 57.8 Å². The number of nitrogens with zero attached hydrogens (tertiary/aromatic N) is 1. The minimum atomic E-state index is -0.886. The summed E-state index contributed by atoms with van der Waals surface area (Å²) < 4.78 is 10.2. The molecule has 4 atom stereocenters. The minimum absolute atomic E-state index is 0.0700. The first-order valence-corrected chi connectivity index (χ1v) is 13.8. The number of rotatable bonds is 14. The molecule has 2 heterocycles. The zero-order valence-corrected chi connectivity index (χ0v) is 22.1. The van der Waals surface area contributed by atoms with Gasteiger partial charge in [0.2, 0.25) is 11.8 Å². The third-order valence-electron chi connectivity index (χ3n) is 5.22. The zero-order valence-electron chi connectivity index (χ0n) is 20.4. The second-order valence-electron chi connectivity index (χ2n) is 8.90. The van der Waals surface area contributed by atoms with E-state index in [1.165, 1.54) is 29.6 Å². The fourth-order valence-electron chi connectivity index (χ4n) is 3.27. The second-order valence-corrected chi connectivity index (χ2v) is 10.7. The minimum Gasteiger partial charge on any atom is -0.361 e.